The Morgan fingerprint density at radius 3 is 2.19 bits per heavy atom. The first kappa shape index (κ1) is 42.2. The number of amides is 3. The molecule has 9 rings (SSSR count). The highest BCUT2D eigenvalue weighted by Crippen LogP contribution is 2.42. The molecular weight excluding hydrogens is 822 g/mol. The highest BCUT2D eigenvalue weighted by atomic mass is 35.5. The minimum atomic E-state index is -0.581. The van der Waals surface area contributed by atoms with Gasteiger partial charge < -0.3 is 24.2 Å². The number of hydrogen-bond donors (Lipinski definition) is 1. The van der Waals surface area contributed by atoms with Crippen molar-refractivity contribution >= 4 is 56.5 Å². The zero-order valence-corrected chi connectivity index (χ0v) is 36.6. The van der Waals surface area contributed by atoms with Gasteiger partial charge in [-0.05, 0) is 135 Å². The van der Waals surface area contributed by atoms with Crippen molar-refractivity contribution in [2.45, 2.75) is 50.6 Å². The maximum absolute atomic E-state index is 14.1. The summed E-state index contributed by atoms with van der Waals surface area (Å²) in [6, 6.07) is 26.6. The number of thiophene rings is 1. The number of likely N-dealkylation sites (tertiary alicyclic amines) is 1. The third-order valence-corrected chi connectivity index (χ3v) is 14.5. The summed E-state index contributed by atoms with van der Waals surface area (Å²) in [4.78, 5) is 61.5. The Hall–Kier alpha value is -5.11. The number of nitrogens with zero attached hydrogens (tertiary/aromatic N) is 4. The standard InChI is InChI=1S/C49H52ClN5O6S/c1-60-39-12-14-41-43(30-39)62-47(34-3-8-37(50)9-4-34)45(41)46(57)33-5-10-38(11-6-33)61-28-27-54-25-23-53(24-26-54)20-2-19-52-21-17-32(18-22-52)35-7-13-40-36(29-35)31-55(49(40)59)42-15-16-44(56)51-48(42)58/h3-14,29-30,32,42H,2,15-28,31H2,1H3,(H,51,56,58). The number of piperazine rings is 1. The predicted octanol–water partition coefficient (Wildman–Crippen LogP) is 7.49. The van der Waals surface area contributed by atoms with E-state index in [0.717, 1.165) is 116 Å². The van der Waals surface area contributed by atoms with E-state index in [1.807, 2.05) is 72.8 Å². The van der Waals surface area contributed by atoms with Gasteiger partial charge in [-0.15, -0.1) is 11.3 Å². The first-order valence-electron chi connectivity index (χ1n) is 21.8. The number of carbonyl (C=O) groups is 4. The molecule has 13 heteroatoms. The lowest BCUT2D eigenvalue weighted by atomic mass is 9.88. The second kappa shape index (κ2) is 18.7. The maximum atomic E-state index is 14.1. The molecule has 62 heavy (non-hydrogen) atoms. The summed E-state index contributed by atoms with van der Waals surface area (Å²) in [6.45, 7) is 10.4. The number of imide groups is 1. The van der Waals surface area contributed by atoms with E-state index >= 15 is 0 Å². The van der Waals surface area contributed by atoms with Crippen molar-refractivity contribution in [1.82, 2.24) is 24.9 Å². The zero-order chi connectivity index (χ0) is 42.7. The lowest BCUT2D eigenvalue weighted by Crippen LogP contribution is -2.52. The molecule has 1 N–H and O–H groups in total. The highest BCUT2D eigenvalue weighted by molar-refractivity contribution is 7.22. The predicted molar refractivity (Wildman–Crippen MR) is 243 cm³/mol. The molecule has 5 heterocycles. The van der Waals surface area contributed by atoms with Crippen LogP contribution < -0.4 is 14.8 Å². The van der Waals surface area contributed by atoms with Crippen LogP contribution in [0.1, 0.15) is 75.4 Å². The van der Waals surface area contributed by atoms with Gasteiger partial charge in [-0.1, -0.05) is 35.9 Å². The number of piperidine rings is 2. The molecule has 0 aliphatic carbocycles. The second-order valence-electron chi connectivity index (χ2n) is 16.8. The summed E-state index contributed by atoms with van der Waals surface area (Å²) >= 11 is 7.77. The number of benzene rings is 4. The lowest BCUT2D eigenvalue weighted by Gasteiger charge is -2.36. The van der Waals surface area contributed by atoms with Gasteiger partial charge in [-0.25, -0.2) is 0 Å². The Kier molecular flexibility index (Phi) is 12.7. The van der Waals surface area contributed by atoms with E-state index in [4.69, 9.17) is 21.1 Å². The van der Waals surface area contributed by atoms with Gasteiger partial charge in [0.15, 0.2) is 5.78 Å². The Morgan fingerprint density at radius 1 is 0.790 bits per heavy atom. The van der Waals surface area contributed by atoms with Crippen LogP contribution in [0.25, 0.3) is 20.5 Å². The summed E-state index contributed by atoms with van der Waals surface area (Å²) in [5.74, 6) is 1.19. The minimum Gasteiger partial charge on any atom is -0.497 e. The van der Waals surface area contributed by atoms with Gasteiger partial charge in [0.1, 0.15) is 24.1 Å². The van der Waals surface area contributed by atoms with Gasteiger partial charge in [0.25, 0.3) is 5.91 Å². The van der Waals surface area contributed by atoms with Crippen molar-refractivity contribution in [3.63, 3.8) is 0 Å². The van der Waals surface area contributed by atoms with Crippen molar-refractivity contribution in [2.75, 3.05) is 72.6 Å². The van der Waals surface area contributed by atoms with Crippen LogP contribution in [0.5, 0.6) is 11.5 Å². The molecule has 4 aromatic carbocycles. The van der Waals surface area contributed by atoms with Crippen molar-refractivity contribution in [2.24, 2.45) is 0 Å². The number of hydrogen-bond acceptors (Lipinski definition) is 10. The van der Waals surface area contributed by atoms with E-state index in [-0.39, 0.29) is 29.9 Å². The number of rotatable bonds is 14. The third-order valence-electron chi connectivity index (χ3n) is 13.0. The van der Waals surface area contributed by atoms with E-state index in [1.54, 1.807) is 23.3 Å². The van der Waals surface area contributed by atoms with Crippen LogP contribution in [0.2, 0.25) is 5.02 Å². The van der Waals surface area contributed by atoms with Crippen LogP contribution in [-0.4, -0.2) is 122 Å². The quantitative estimate of drug-likeness (QED) is 0.0897. The molecule has 1 unspecified atom stereocenters. The van der Waals surface area contributed by atoms with Gasteiger partial charge in [0.2, 0.25) is 11.8 Å². The van der Waals surface area contributed by atoms with E-state index in [0.29, 0.717) is 47.2 Å². The van der Waals surface area contributed by atoms with Gasteiger partial charge in [-0.3, -0.25) is 29.4 Å². The molecule has 5 aromatic rings. The summed E-state index contributed by atoms with van der Waals surface area (Å²) < 4.78 is 12.6. The molecule has 3 saturated heterocycles. The van der Waals surface area contributed by atoms with E-state index in [1.165, 1.54) is 5.56 Å². The number of ether oxygens (including phenoxy) is 2. The Balaban J connectivity index is 0.686. The average molecular weight is 875 g/mol. The van der Waals surface area contributed by atoms with Gasteiger partial charge in [0, 0.05) is 82.4 Å². The van der Waals surface area contributed by atoms with E-state index in [9.17, 15) is 19.2 Å². The molecule has 0 saturated carbocycles. The van der Waals surface area contributed by atoms with Crippen LogP contribution in [0.4, 0.5) is 0 Å². The molecule has 4 aliphatic rings. The normalized spacial score (nSPS) is 19.2. The van der Waals surface area contributed by atoms with Crippen LogP contribution >= 0.6 is 22.9 Å². The number of ketones is 1. The first-order chi connectivity index (χ1) is 30.2. The lowest BCUT2D eigenvalue weighted by molar-refractivity contribution is -0.136. The molecular formula is C49H52ClN5O6S. The Bertz CT molecular complexity index is 2460. The average Bonchev–Trinajstić information content (AvgIpc) is 3.84. The van der Waals surface area contributed by atoms with Crippen LogP contribution in [0.15, 0.2) is 84.9 Å². The van der Waals surface area contributed by atoms with Crippen molar-refractivity contribution in [3.8, 4) is 21.9 Å². The molecule has 0 bridgehead atoms. The summed E-state index contributed by atoms with van der Waals surface area (Å²) in [7, 11) is 1.65. The topological polar surface area (TPSA) is 112 Å². The molecule has 1 atom stereocenters. The molecule has 3 amide bonds. The molecule has 1 aromatic heterocycles. The highest BCUT2D eigenvalue weighted by Gasteiger charge is 2.39. The number of nitrogens with one attached hydrogen (secondary N) is 1. The second-order valence-corrected chi connectivity index (χ2v) is 18.3. The van der Waals surface area contributed by atoms with Crippen LogP contribution in [-0.2, 0) is 16.1 Å². The van der Waals surface area contributed by atoms with Gasteiger partial charge >= 0.3 is 0 Å². The summed E-state index contributed by atoms with van der Waals surface area (Å²) in [6.07, 6.45) is 4.00. The molecule has 0 spiro atoms. The van der Waals surface area contributed by atoms with Gasteiger partial charge in [0.05, 0.1) is 7.11 Å². The Morgan fingerprint density at radius 2 is 1.48 bits per heavy atom. The van der Waals surface area contributed by atoms with E-state index in [2.05, 4.69) is 32.1 Å². The fourth-order valence-corrected chi connectivity index (χ4v) is 10.8. The molecule has 0 radical (unpaired) electrons. The fourth-order valence-electron chi connectivity index (χ4n) is 9.47. The fraction of sp³-hybridized carbons (Fsp3) is 0.388. The third kappa shape index (κ3) is 9.16. The van der Waals surface area contributed by atoms with Crippen molar-refractivity contribution in [3.05, 3.63) is 118 Å². The SMILES string of the molecule is COc1ccc2c(C(=O)c3ccc(OCCN4CCN(CCCN5CCC(c6ccc7c(c6)CN(C6CCC(=O)NC6=O)C7=O)CC5)CC4)cc3)c(-c3ccc(Cl)cc3)sc2c1. The van der Waals surface area contributed by atoms with E-state index < -0.39 is 6.04 Å². The van der Waals surface area contributed by atoms with Crippen molar-refractivity contribution in [1.29, 1.82) is 0 Å². The van der Waals surface area contributed by atoms with Crippen molar-refractivity contribution < 1.29 is 28.7 Å². The monoisotopic (exact) mass is 873 g/mol. The smallest absolute Gasteiger partial charge is 0.255 e. The first-order valence-corrected chi connectivity index (χ1v) is 23.0. The van der Waals surface area contributed by atoms with Crippen LogP contribution in [0.3, 0.4) is 0 Å². The molecule has 322 valence electrons. The summed E-state index contributed by atoms with van der Waals surface area (Å²) in [5, 5.41) is 3.94. The maximum Gasteiger partial charge on any atom is 0.255 e. The van der Waals surface area contributed by atoms with Crippen LogP contribution in [0, 0.1) is 0 Å². The van der Waals surface area contributed by atoms with Gasteiger partial charge in [-0.2, -0.15) is 0 Å². The molecule has 3 fully saturated rings. The molecule has 4 aliphatic heterocycles. The summed E-state index contributed by atoms with van der Waals surface area (Å²) in [5.41, 5.74) is 5.19. The minimum absolute atomic E-state index is 0.0320. The molecule has 11 nitrogen and oxygen atoms in total. The number of halogens is 1. The number of methoxy groups -OCH3 is 1. The number of carbonyl (C=O) groups excluding carboxylic acids is 4. The zero-order valence-electron chi connectivity index (χ0n) is 35.1. The number of fused-ring (bicyclic) bond motifs is 2. The largest absolute Gasteiger partial charge is 0.497 e. The Labute approximate surface area is 371 Å².